The van der Waals surface area contributed by atoms with Gasteiger partial charge >= 0.3 is 5.97 Å². The summed E-state index contributed by atoms with van der Waals surface area (Å²) in [6.07, 6.45) is 3.21. The van der Waals surface area contributed by atoms with Crippen LogP contribution in [0.1, 0.15) is 67.1 Å². The smallest absolute Gasteiger partial charge is 0.347 e. The maximum Gasteiger partial charge on any atom is 0.347 e. The van der Waals surface area contributed by atoms with Gasteiger partial charge in [0, 0.05) is 17.9 Å². The average molecular weight is 342 g/mol. The van der Waals surface area contributed by atoms with Gasteiger partial charge in [0.1, 0.15) is 11.3 Å². The van der Waals surface area contributed by atoms with Crippen molar-refractivity contribution in [2.45, 2.75) is 66.4 Å². The number of Topliss-reactive ketones (excluding diaryl/α,β-unsaturated/α-hetero) is 1. The van der Waals surface area contributed by atoms with Crippen molar-refractivity contribution in [2.75, 3.05) is 0 Å². The van der Waals surface area contributed by atoms with Crippen LogP contribution in [0, 0.1) is 19.8 Å². The van der Waals surface area contributed by atoms with Crippen LogP contribution in [-0.2, 0) is 16.0 Å². The van der Waals surface area contributed by atoms with Crippen molar-refractivity contribution in [3.8, 4) is 5.75 Å². The molecule has 0 bridgehead atoms. The monoisotopic (exact) mass is 342 g/mol. The number of fused-ring (bicyclic) bond motifs is 2. The molecule has 1 heterocycles. The first-order chi connectivity index (χ1) is 11.8. The molecule has 0 fully saturated rings. The Bertz CT molecular complexity index is 773. The highest BCUT2D eigenvalue weighted by atomic mass is 16.6. The van der Waals surface area contributed by atoms with Crippen molar-refractivity contribution >= 4 is 11.8 Å². The van der Waals surface area contributed by atoms with E-state index in [-0.39, 0.29) is 17.8 Å². The number of ether oxygens (including phenoxy) is 2. The number of esters is 1. The number of rotatable bonds is 3. The van der Waals surface area contributed by atoms with Crippen LogP contribution in [0.5, 0.6) is 5.75 Å². The Morgan fingerprint density at radius 3 is 2.60 bits per heavy atom. The van der Waals surface area contributed by atoms with Gasteiger partial charge in [0.15, 0.2) is 17.6 Å². The van der Waals surface area contributed by atoms with Gasteiger partial charge in [0.05, 0.1) is 0 Å². The molecule has 134 valence electrons. The predicted molar refractivity (Wildman–Crippen MR) is 95.8 cm³/mol. The molecule has 2 atom stereocenters. The van der Waals surface area contributed by atoms with Crippen LogP contribution in [0.15, 0.2) is 17.4 Å². The molecule has 2 unspecified atom stereocenters. The van der Waals surface area contributed by atoms with E-state index in [4.69, 9.17) is 9.47 Å². The summed E-state index contributed by atoms with van der Waals surface area (Å²) in [7, 11) is 0. The molecule has 1 aromatic rings. The highest BCUT2D eigenvalue weighted by Crippen LogP contribution is 2.40. The summed E-state index contributed by atoms with van der Waals surface area (Å²) in [5.41, 5.74) is 4.09. The third-order valence-electron chi connectivity index (χ3n) is 5.36. The van der Waals surface area contributed by atoms with Crippen molar-refractivity contribution in [3.63, 3.8) is 0 Å². The van der Waals surface area contributed by atoms with Gasteiger partial charge < -0.3 is 9.47 Å². The molecule has 0 N–H and O–H groups in total. The van der Waals surface area contributed by atoms with Gasteiger partial charge in [0.25, 0.3) is 0 Å². The minimum atomic E-state index is -0.420. The lowest BCUT2D eigenvalue weighted by Gasteiger charge is -2.29. The normalized spacial score (nSPS) is 22.8. The fourth-order valence-corrected chi connectivity index (χ4v) is 3.73. The molecule has 1 aliphatic carbocycles. The van der Waals surface area contributed by atoms with Crippen LogP contribution >= 0.6 is 0 Å². The van der Waals surface area contributed by atoms with Gasteiger partial charge in [0.2, 0.25) is 0 Å². The van der Waals surface area contributed by atoms with Crippen molar-refractivity contribution in [1.82, 2.24) is 0 Å². The quantitative estimate of drug-likeness (QED) is 0.762. The summed E-state index contributed by atoms with van der Waals surface area (Å²) in [4.78, 5) is 24.9. The zero-order valence-corrected chi connectivity index (χ0v) is 15.7. The Morgan fingerprint density at radius 2 is 1.92 bits per heavy atom. The van der Waals surface area contributed by atoms with Gasteiger partial charge in [-0.2, -0.15) is 0 Å². The number of benzene rings is 1. The maximum atomic E-state index is 12.8. The minimum absolute atomic E-state index is 0.0241. The standard InChI is InChI=1S/C21H26O4/c1-6-7-8-15-9-11(2)17-19(13(15)4)24-18-12(3)10-16(22)14(5)20(18)25-21(17)23/h9,12,18H,6-8,10H2,1-5H3. The largest absolute Gasteiger partial charge is 0.481 e. The minimum Gasteiger partial charge on any atom is -0.481 e. The first kappa shape index (κ1) is 17.7. The highest BCUT2D eigenvalue weighted by molar-refractivity contribution is 6.00. The number of unbranched alkanes of at least 4 members (excludes halogenated alkanes) is 1. The second-order valence-electron chi connectivity index (χ2n) is 7.31. The molecule has 2 aliphatic rings. The van der Waals surface area contributed by atoms with E-state index in [2.05, 4.69) is 13.0 Å². The van der Waals surface area contributed by atoms with Crippen molar-refractivity contribution < 1.29 is 19.1 Å². The number of ketones is 1. The Balaban J connectivity index is 2.14. The van der Waals surface area contributed by atoms with Crippen LogP contribution in [0.25, 0.3) is 0 Å². The van der Waals surface area contributed by atoms with Gasteiger partial charge in [-0.25, -0.2) is 4.79 Å². The zero-order valence-electron chi connectivity index (χ0n) is 15.7. The van der Waals surface area contributed by atoms with Gasteiger partial charge in [-0.1, -0.05) is 26.3 Å². The van der Waals surface area contributed by atoms with E-state index >= 15 is 0 Å². The maximum absolute atomic E-state index is 12.8. The van der Waals surface area contributed by atoms with Gasteiger partial charge in [-0.05, 0) is 50.3 Å². The molecule has 1 aliphatic heterocycles. The third kappa shape index (κ3) is 2.99. The number of hydrogen-bond donors (Lipinski definition) is 0. The molecule has 1 aromatic carbocycles. The number of allylic oxidation sites excluding steroid dienone is 1. The number of carbonyl (C=O) groups is 2. The number of aryl methyl sites for hydroxylation is 2. The second-order valence-corrected chi connectivity index (χ2v) is 7.31. The predicted octanol–water partition coefficient (Wildman–Crippen LogP) is 4.45. The molecule has 4 heteroatoms. The molecule has 3 rings (SSSR count). The van der Waals surface area contributed by atoms with E-state index in [0.29, 0.717) is 29.1 Å². The fourth-order valence-electron chi connectivity index (χ4n) is 3.73. The van der Waals surface area contributed by atoms with E-state index in [1.807, 2.05) is 20.8 Å². The molecule has 0 aromatic heterocycles. The molecule has 0 radical (unpaired) electrons. The van der Waals surface area contributed by atoms with Crippen LogP contribution in [0.2, 0.25) is 0 Å². The van der Waals surface area contributed by atoms with Gasteiger partial charge in [-0.3, -0.25) is 4.79 Å². The number of carbonyl (C=O) groups excluding carboxylic acids is 2. The van der Waals surface area contributed by atoms with Crippen molar-refractivity contribution in [2.24, 2.45) is 5.92 Å². The van der Waals surface area contributed by atoms with Crippen LogP contribution in [0.3, 0.4) is 0 Å². The van der Waals surface area contributed by atoms with E-state index in [1.54, 1.807) is 6.92 Å². The Morgan fingerprint density at radius 1 is 1.20 bits per heavy atom. The topological polar surface area (TPSA) is 52.6 Å². The Hall–Kier alpha value is -2.10. The van der Waals surface area contributed by atoms with E-state index in [9.17, 15) is 9.59 Å². The second kappa shape index (κ2) is 6.66. The highest BCUT2D eigenvalue weighted by Gasteiger charge is 2.40. The lowest BCUT2D eigenvalue weighted by molar-refractivity contribution is -0.118. The van der Waals surface area contributed by atoms with Crippen LogP contribution < -0.4 is 4.74 Å². The third-order valence-corrected chi connectivity index (χ3v) is 5.36. The Labute approximate surface area is 149 Å². The summed E-state index contributed by atoms with van der Waals surface area (Å²) in [6, 6.07) is 2.07. The van der Waals surface area contributed by atoms with Gasteiger partial charge in [-0.15, -0.1) is 0 Å². The summed E-state index contributed by atoms with van der Waals surface area (Å²) in [6.45, 7) is 9.78. The molecule has 0 saturated carbocycles. The first-order valence-electron chi connectivity index (χ1n) is 9.11. The zero-order chi connectivity index (χ0) is 18.3. The molecule has 0 amide bonds. The lowest BCUT2D eigenvalue weighted by atomic mass is 9.86. The van der Waals surface area contributed by atoms with E-state index in [0.717, 1.165) is 30.4 Å². The van der Waals surface area contributed by atoms with Crippen molar-refractivity contribution in [1.29, 1.82) is 0 Å². The van der Waals surface area contributed by atoms with E-state index < -0.39 is 5.97 Å². The molecular formula is C21H26O4. The van der Waals surface area contributed by atoms with Crippen LogP contribution in [0.4, 0.5) is 0 Å². The molecular weight excluding hydrogens is 316 g/mol. The summed E-state index contributed by atoms with van der Waals surface area (Å²) >= 11 is 0. The Kier molecular flexibility index (Phi) is 4.72. The summed E-state index contributed by atoms with van der Waals surface area (Å²) in [5.74, 6) is 0.600. The van der Waals surface area contributed by atoms with E-state index in [1.165, 1.54) is 5.56 Å². The SMILES string of the molecule is CCCCc1cc(C)c2c(c1C)OC1C(=C(C)C(=O)CC1C)OC2=O. The summed E-state index contributed by atoms with van der Waals surface area (Å²) in [5, 5.41) is 0. The first-order valence-corrected chi connectivity index (χ1v) is 9.11. The number of hydrogen-bond acceptors (Lipinski definition) is 4. The lowest BCUT2D eigenvalue weighted by Crippen LogP contribution is -2.35. The molecule has 25 heavy (non-hydrogen) atoms. The molecule has 0 saturated heterocycles. The molecule has 0 spiro atoms. The van der Waals surface area contributed by atoms with Crippen LogP contribution in [-0.4, -0.2) is 17.9 Å². The average Bonchev–Trinajstić information content (AvgIpc) is 2.72. The fraction of sp³-hybridized carbons (Fsp3) is 0.524. The van der Waals surface area contributed by atoms with Crippen molar-refractivity contribution in [3.05, 3.63) is 39.7 Å². The summed E-state index contributed by atoms with van der Waals surface area (Å²) < 4.78 is 12.0. The molecule has 4 nitrogen and oxygen atoms in total.